The fraction of sp³-hybridized carbons (Fsp3) is 0.429. The van der Waals surface area contributed by atoms with E-state index in [-0.39, 0.29) is 33.0 Å². The molecule has 1 aliphatic rings. The third-order valence-electron chi connectivity index (χ3n) is 6.94. The van der Waals surface area contributed by atoms with E-state index in [1.54, 1.807) is 37.2 Å². The number of fused-ring (bicyclic) bond motifs is 1. The van der Waals surface area contributed by atoms with Gasteiger partial charge in [-0.05, 0) is 36.4 Å². The molecule has 8 nitrogen and oxygen atoms in total. The number of aliphatic hydroxyl groups is 1. The van der Waals surface area contributed by atoms with E-state index < -0.39 is 23.4 Å². The van der Waals surface area contributed by atoms with Gasteiger partial charge in [-0.15, -0.1) is 11.8 Å². The van der Waals surface area contributed by atoms with Crippen LogP contribution in [0, 0.1) is 0 Å². The topological polar surface area (TPSA) is 89.1 Å². The second-order valence-corrected chi connectivity index (χ2v) is 11.6. The molecule has 1 fully saturated rings. The first-order valence-electron chi connectivity index (χ1n) is 12.9. The second-order valence-electron chi connectivity index (χ2n) is 10.1. The van der Waals surface area contributed by atoms with E-state index in [1.165, 1.54) is 13.2 Å². The Labute approximate surface area is 245 Å². The number of aromatic amines is 1. The molecule has 2 N–H and O–H groups in total. The molecule has 0 spiro atoms. The zero-order valence-electron chi connectivity index (χ0n) is 22.9. The number of aromatic nitrogens is 1. The number of nitrogens with one attached hydrogen (secondary N) is 1. The molecule has 0 radical (unpaired) electrons. The molecule has 3 aromatic rings. The third-order valence-corrected chi connectivity index (χ3v) is 8.40. The first kappa shape index (κ1) is 31.2. The number of likely N-dealkylation sites (N-methyl/N-ethyl adjacent to an activating group) is 1. The van der Waals surface area contributed by atoms with E-state index in [0.717, 1.165) is 23.9 Å². The number of nitrogens with zero attached hydrogens (tertiary/aromatic N) is 3. The molecule has 1 aromatic heterocycles. The fourth-order valence-corrected chi connectivity index (χ4v) is 5.91. The highest BCUT2D eigenvalue weighted by molar-refractivity contribution is 7.99. The highest BCUT2D eigenvalue weighted by Gasteiger charge is 2.31. The number of hydrogen-bond donors (Lipinski definition) is 2. The van der Waals surface area contributed by atoms with Gasteiger partial charge in [-0.1, -0.05) is 11.6 Å². The zero-order valence-corrected chi connectivity index (χ0v) is 24.5. The Morgan fingerprint density at radius 1 is 1.15 bits per heavy atom. The number of halogens is 4. The molecule has 1 saturated heterocycles. The van der Waals surface area contributed by atoms with Crippen LogP contribution in [-0.2, 0) is 11.0 Å². The SMILES string of the molecule is COc1ccc(Cl)cc1-c1c(SCC(O)CN2CCN(CC(=O)N(C)C)CC2)c(=O)[nH]c2ccc(C(F)(F)F)cc12. The number of ether oxygens (including phenoxy) is 1. The van der Waals surface area contributed by atoms with E-state index in [4.69, 9.17) is 16.3 Å². The molecule has 0 aliphatic carbocycles. The maximum absolute atomic E-state index is 13.7. The molecule has 13 heteroatoms. The lowest BCUT2D eigenvalue weighted by molar-refractivity contribution is -0.137. The van der Waals surface area contributed by atoms with Crippen LogP contribution in [0.25, 0.3) is 22.0 Å². The molecule has 1 amide bonds. The highest BCUT2D eigenvalue weighted by atomic mass is 35.5. The van der Waals surface area contributed by atoms with Crippen LogP contribution in [0.5, 0.6) is 5.75 Å². The molecule has 4 rings (SSSR count). The van der Waals surface area contributed by atoms with Gasteiger partial charge in [0.2, 0.25) is 5.91 Å². The standard InChI is InChI=1S/C28H32ClF3N4O4S/c1-34(2)24(38)15-36-10-8-35(9-11-36)14-19(37)16-41-26-25(21-13-18(29)5-7-23(21)40-3)20-12-17(28(30,31)32)4-6-22(20)33-27(26)39/h4-7,12-13,19,37H,8-11,14-16H2,1-3H3,(H,33,39). The number of H-pyrrole nitrogens is 1. The lowest BCUT2D eigenvalue weighted by atomic mass is 9.98. The van der Waals surface area contributed by atoms with Gasteiger partial charge in [-0.3, -0.25) is 19.4 Å². The lowest BCUT2D eigenvalue weighted by Crippen LogP contribution is -2.51. The average Bonchev–Trinajstić information content (AvgIpc) is 2.91. The molecule has 0 bridgehead atoms. The van der Waals surface area contributed by atoms with Gasteiger partial charge in [0.1, 0.15) is 5.75 Å². The minimum absolute atomic E-state index is 0.0324. The second kappa shape index (κ2) is 13.0. The summed E-state index contributed by atoms with van der Waals surface area (Å²) in [6.07, 6.45) is -5.41. The number of methoxy groups -OCH3 is 1. The molecule has 0 saturated carbocycles. The van der Waals surface area contributed by atoms with E-state index in [0.29, 0.717) is 55.6 Å². The van der Waals surface area contributed by atoms with E-state index in [1.807, 2.05) is 0 Å². The molecular formula is C28H32ClF3N4O4S. The van der Waals surface area contributed by atoms with Gasteiger partial charge >= 0.3 is 6.18 Å². The first-order valence-corrected chi connectivity index (χ1v) is 14.3. The predicted octanol–water partition coefficient (Wildman–Crippen LogP) is 4.03. The number of carbonyl (C=O) groups is 1. The number of carbonyl (C=O) groups excluding carboxylic acids is 1. The molecule has 2 aromatic carbocycles. The van der Waals surface area contributed by atoms with Crippen LogP contribution in [0.15, 0.2) is 46.1 Å². The largest absolute Gasteiger partial charge is 0.496 e. The van der Waals surface area contributed by atoms with Gasteiger partial charge < -0.3 is 19.7 Å². The number of alkyl halides is 3. The van der Waals surface area contributed by atoms with E-state index >= 15 is 0 Å². The molecular weight excluding hydrogens is 581 g/mol. The molecule has 1 aliphatic heterocycles. The maximum atomic E-state index is 13.7. The molecule has 222 valence electrons. The van der Waals surface area contributed by atoms with Crippen LogP contribution >= 0.6 is 23.4 Å². The van der Waals surface area contributed by atoms with Crippen molar-refractivity contribution in [3.8, 4) is 16.9 Å². The summed E-state index contributed by atoms with van der Waals surface area (Å²) in [6, 6.07) is 7.89. The van der Waals surface area contributed by atoms with Crippen molar-refractivity contribution in [2.24, 2.45) is 0 Å². The highest BCUT2D eigenvalue weighted by Crippen LogP contribution is 2.42. The molecule has 41 heavy (non-hydrogen) atoms. The van der Waals surface area contributed by atoms with Gasteiger partial charge in [0.25, 0.3) is 5.56 Å². The monoisotopic (exact) mass is 612 g/mol. The van der Waals surface area contributed by atoms with Crippen molar-refractivity contribution in [1.29, 1.82) is 0 Å². The zero-order chi connectivity index (χ0) is 29.9. The third kappa shape index (κ3) is 7.55. The van der Waals surface area contributed by atoms with Gasteiger partial charge in [0, 0.05) is 79.6 Å². The summed E-state index contributed by atoms with van der Waals surface area (Å²) in [7, 11) is 4.86. The van der Waals surface area contributed by atoms with Gasteiger partial charge in [-0.25, -0.2) is 0 Å². The minimum Gasteiger partial charge on any atom is -0.496 e. The van der Waals surface area contributed by atoms with Crippen molar-refractivity contribution in [3.63, 3.8) is 0 Å². The van der Waals surface area contributed by atoms with E-state index in [2.05, 4.69) is 14.8 Å². The Hall–Kier alpha value is -2.77. The number of aliphatic hydroxyl groups excluding tert-OH is 1. The van der Waals surface area contributed by atoms with Crippen LogP contribution in [0.2, 0.25) is 5.02 Å². The quantitative estimate of drug-likeness (QED) is 0.353. The summed E-state index contributed by atoms with van der Waals surface area (Å²) >= 11 is 7.33. The number of thioether (sulfide) groups is 1. The van der Waals surface area contributed by atoms with Crippen LogP contribution in [0.1, 0.15) is 5.56 Å². The summed E-state index contributed by atoms with van der Waals surface area (Å²) in [5, 5.41) is 11.4. The van der Waals surface area contributed by atoms with Crippen molar-refractivity contribution in [2.45, 2.75) is 17.2 Å². The fourth-order valence-electron chi connectivity index (χ4n) is 4.72. The number of piperazine rings is 1. The predicted molar refractivity (Wildman–Crippen MR) is 155 cm³/mol. The summed E-state index contributed by atoms with van der Waals surface area (Å²) in [5.74, 6) is 0.500. The number of amides is 1. The molecule has 2 heterocycles. The van der Waals surface area contributed by atoms with Gasteiger partial charge in [0.15, 0.2) is 0 Å². The number of pyridine rings is 1. The number of rotatable bonds is 9. The molecule has 1 unspecified atom stereocenters. The Balaban J connectivity index is 1.60. The summed E-state index contributed by atoms with van der Waals surface area (Å²) in [5.41, 5.74) is -0.496. The normalized spacial score (nSPS) is 15.7. The van der Waals surface area contributed by atoms with E-state index in [9.17, 15) is 27.9 Å². The maximum Gasteiger partial charge on any atom is 0.416 e. The summed E-state index contributed by atoms with van der Waals surface area (Å²) in [4.78, 5) is 33.8. The minimum atomic E-state index is -4.59. The van der Waals surface area contributed by atoms with Crippen molar-refractivity contribution in [3.05, 3.63) is 57.3 Å². The van der Waals surface area contributed by atoms with Crippen molar-refractivity contribution < 1.29 is 27.8 Å². The van der Waals surface area contributed by atoms with Crippen LogP contribution < -0.4 is 10.3 Å². The number of benzene rings is 2. The number of β-amino-alcohol motifs (C(OH)–C–C–N with tert-alkyl or cyclic N) is 1. The first-order chi connectivity index (χ1) is 19.4. The molecule has 1 atom stereocenters. The Morgan fingerprint density at radius 2 is 1.83 bits per heavy atom. The van der Waals surface area contributed by atoms with Crippen LogP contribution in [0.3, 0.4) is 0 Å². The van der Waals surface area contributed by atoms with Crippen molar-refractivity contribution >= 4 is 40.2 Å². The lowest BCUT2D eigenvalue weighted by Gasteiger charge is -2.35. The smallest absolute Gasteiger partial charge is 0.416 e. The van der Waals surface area contributed by atoms with Gasteiger partial charge in [-0.2, -0.15) is 13.2 Å². The Morgan fingerprint density at radius 3 is 2.46 bits per heavy atom. The van der Waals surface area contributed by atoms with Gasteiger partial charge in [0.05, 0.1) is 30.2 Å². The van der Waals surface area contributed by atoms with Crippen LogP contribution in [0.4, 0.5) is 13.2 Å². The summed E-state index contributed by atoms with van der Waals surface area (Å²) in [6.45, 7) is 3.40. The van der Waals surface area contributed by atoms with Crippen LogP contribution in [-0.4, -0.2) is 103 Å². The Kier molecular flexibility index (Phi) is 9.91. The number of hydrogen-bond acceptors (Lipinski definition) is 7. The Bertz CT molecular complexity index is 1460. The van der Waals surface area contributed by atoms with Crippen molar-refractivity contribution in [2.75, 3.05) is 66.2 Å². The summed E-state index contributed by atoms with van der Waals surface area (Å²) < 4.78 is 46.4. The van der Waals surface area contributed by atoms with Crippen molar-refractivity contribution in [1.82, 2.24) is 19.7 Å². The average molecular weight is 613 g/mol.